The van der Waals surface area contributed by atoms with Crippen LogP contribution in [0.25, 0.3) is 0 Å². The topological polar surface area (TPSA) is 72.8 Å². The lowest BCUT2D eigenvalue weighted by atomic mass is 10.0. The highest BCUT2D eigenvalue weighted by Crippen LogP contribution is 2.28. The van der Waals surface area contributed by atoms with E-state index in [9.17, 15) is 0 Å². The molecular weight excluding hydrogens is 322 g/mol. The molecule has 2 aromatic rings. The van der Waals surface area contributed by atoms with Gasteiger partial charge in [-0.2, -0.15) is 9.97 Å². The van der Waals surface area contributed by atoms with E-state index in [1.165, 1.54) is 19.8 Å². The van der Waals surface area contributed by atoms with Gasteiger partial charge in [-0.05, 0) is 24.7 Å². The molecule has 1 unspecified atom stereocenters. The minimum absolute atomic E-state index is 0.230. The Morgan fingerprint density at radius 1 is 0.880 bits per heavy atom. The Kier molecular flexibility index (Phi) is 5.18. The number of benzene rings is 1. The van der Waals surface area contributed by atoms with Crippen LogP contribution in [0, 0.1) is 0 Å². The van der Waals surface area contributed by atoms with Gasteiger partial charge in [-0.3, -0.25) is 4.90 Å². The minimum Gasteiger partial charge on any atom is -0.497 e. The maximum atomic E-state index is 5.25. The quantitative estimate of drug-likeness (QED) is 0.805. The van der Waals surface area contributed by atoms with Gasteiger partial charge in [0, 0.05) is 19.6 Å². The standard InChI is InChI=1S/C17H23N5O3/c1-21-9-10-22(15-18-16(24-3)20-17(19-15)25-4)11-14(21)12-5-7-13(23-2)8-6-12/h5-8,14H,9-11H2,1-4H3. The van der Waals surface area contributed by atoms with Crippen molar-refractivity contribution in [2.24, 2.45) is 0 Å². The number of piperazine rings is 1. The summed E-state index contributed by atoms with van der Waals surface area (Å²) in [6.45, 7) is 2.48. The summed E-state index contributed by atoms with van der Waals surface area (Å²) in [5, 5.41) is 0. The van der Waals surface area contributed by atoms with Crippen molar-refractivity contribution in [3.8, 4) is 17.8 Å². The Balaban J connectivity index is 1.84. The van der Waals surface area contributed by atoms with Crippen LogP contribution in [0.2, 0.25) is 0 Å². The highest BCUT2D eigenvalue weighted by atomic mass is 16.5. The molecule has 2 heterocycles. The number of hydrogen-bond acceptors (Lipinski definition) is 8. The second kappa shape index (κ2) is 7.52. The molecule has 8 heteroatoms. The summed E-state index contributed by atoms with van der Waals surface area (Å²) < 4.78 is 15.6. The Labute approximate surface area is 147 Å². The third-order valence-corrected chi connectivity index (χ3v) is 4.38. The molecular formula is C17H23N5O3. The van der Waals surface area contributed by atoms with Crippen molar-refractivity contribution in [1.82, 2.24) is 19.9 Å². The molecule has 25 heavy (non-hydrogen) atoms. The van der Waals surface area contributed by atoms with Crippen LogP contribution < -0.4 is 19.1 Å². The maximum Gasteiger partial charge on any atom is 0.324 e. The zero-order chi connectivity index (χ0) is 17.8. The molecule has 8 nitrogen and oxygen atoms in total. The number of rotatable bonds is 5. The van der Waals surface area contributed by atoms with Gasteiger partial charge < -0.3 is 19.1 Å². The Morgan fingerprint density at radius 3 is 2.08 bits per heavy atom. The summed E-state index contributed by atoms with van der Waals surface area (Å²) >= 11 is 0. The predicted octanol–water partition coefficient (Wildman–Crippen LogP) is 1.39. The summed E-state index contributed by atoms with van der Waals surface area (Å²) in [6, 6.07) is 8.89. The summed E-state index contributed by atoms with van der Waals surface area (Å²) in [7, 11) is 6.86. The van der Waals surface area contributed by atoms with Gasteiger partial charge in [0.2, 0.25) is 5.95 Å². The third-order valence-electron chi connectivity index (χ3n) is 4.38. The van der Waals surface area contributed by atoms with E-state index in [0.717, 1.165) is 25.4 Å². The monoisotopic (exact) mass is 345 g/mol. The second-order valence-electron chi connectivity index (χ2n) is 5.82. The van der Waals surface area contributed by atoms with E-state index >= 15 is 0 Å². The summed E-state index contributed by atoms with van der Waals surface area (Å²) in [5.41, 5.74) is 1.22. The zero-order valence-corrected chi connectivity index (χ0v) is 15.0. The van der Waals surface area contributed by atoms with Crippen molar-refractivity contribution < 1.29 is 14.2 Å². The average Bonchev–Trinajstić information content (AvgIpc) is 2.68. The van der Waals surface area contributed by atoms with Gasteiger partial charge >= 0.3 is 12.0 Å². The van der Waals surface area contributed by atoms with E-state index in [-0.39, 0.29) is 18.1 Å². The van der Waals surface area contributed by atoms with Crippen LogP contribution in [-0.4, -0.2) is 67.9 Å². The van der Waals surface area contributed by atoms with Gasteiger partial charge in [-0.15, -0.1) is 4.98 Å². The lowest BCUT2D eigenvalue weighted by molar-refractivity contribution is 0.219. The van der Waals surface area contributed by atoms with Crippen LogP contribution >= 0.6 is 0 Å². The molecule has 1 saturated heterocycles. The molecule has 0 bridgehead atoms. The molecule has 0 amide bonds. The van der Waals surface area contributed by atoms with E-state index < -0.39 is 0 Å². The van der Waals surface area contributed by atoms with Gasteiger partial charge in [0.05, 0.1) is 27.4 Å². The molecule has 0 saturated carbocycles. The van der Waals surface area contributed by atoms with Crippen molar-refractivity contribution in [3.05, 3.63) is 29.8 Å². The molecule has 1 atom stereocenters. The summed E-state index contributed by atoms with van der Waals surface area (Å²) in [6.07, 6.45) is 0. The summed E-state index contributed by atoms with van der Waals surface area (Å²) in [4.78, 5) is 17.2. The van der Waals surface area contributed by atoms with E-state index in [4.69, 9.17) is 14.2 Å². The smallest absolute Gasteiger partial charge is 0.324 e. The van der Waals surface area contributed by atoms with E-state index in [1.54, 1.807) is 7.11 Å². The predicted molar refractivity (Wildman–Crippen MR) is 93.5 cm³/mol. The lowest BCUT2D eigenvalue weighted by Crippen LogP contribution is -2.47. The number of likely N-dealkylation sites (N-methyl/N-ethyl adjacent to an activating group) is 1. The van der Waals surface area contributed by atoms with Crippen molar-refractivity contribution in [3.63, 3.8) is 0 Å². The molecule has 0 spiro atoms. The maximum absolute atomic E-state index is 5.25. The highest BCUT2D eigenvalue weighted by molar-refractivity contribution is 5.36. The van der Waals surface area contributed by atoms with Gasteiger partial charge in [-0.25, -0.2) is 0 Å². The SMILES string of the molecule is COc1ccc(C2CN(c3nc(OC)nc(OC)n3)CCN2C)cc1. The number of hydrogen-bond donors (Lipinski definition) is 0. The highest BCUT2D eigenvalue weighted by Gasteiger charge is 2.28. The largest absolute Gasteiger partial charge is 0.497 e. The van der Waals surface area contributed by atoms with Crippen LogP contribution in [0.4, 0.5) is 5.95 Å². The molecule has 1 fully saturated rings. The number of anilines is 1. The fraction of sp³-hybridized carbons (Fsp3) is 0.471. The Hall–Kier alpha value is -2.61. The number of ether oxygens (including phenoxy) is 3. The van der Waals surface area contributed by atoms with Gasteiger partial charge in [0.1, 0.15) is 5.75 Å². The molecule has 3 rings (SSSR count). The first kappa shape index (κ1) is 17.2. The minimum atomic E-state index is 0.230. The van der Waals surface area contributed by atoms with Crippen molar-refractivity contribution in [1.29, 1.82) is 0 Å². The first-order valence-electron chi connectivity index (χ1n) is 8.07. The number of methoxy groups -OCH3 is 3. The Morgan fingerprint density at radius 2 is 1.52 bits per heavy atom. The van der Waals surface area contributed by atoms with Crippen LogP contribution in [0.1, 0.15) is 11.6 Å². The molecule has 1 aromatic carbocycles. The normalized spacial score (nSPS) is 18.1. The molecule has 0 aliphatic carbocycles. The van der Waals surface area contributed by atoms with Gasteiger partial charge in [0.25, 0.3) is 0 Å². The molecule has 134 valence electrons. The molecule has 1 aliphatic heterocycles. The molecule has 1 aliphatic rings. The Bertz CT molecular complexity index is 688. The third kappa shape index (κ3) is 3.74. The second-order valence-corrected chi connectivity index (χ2v) is 5.82. The van der Waals surface area contributed by atoms with Crippen LogP contribution in [0.5, 0.6) is 17.8 Å². The van der Waals surface area contributed by atoms with Crippen LogP contribution in [-0.2, 0) is 0 Å². The lowest BCUT2D eigenvalue weighted by Gasteiger charge is -2.39. The summed E-state index contributed by atoms with van der Waals surface area (Å²) in [5.74, 6) is 1.42. The van der Waals surface area contributed by atoms with Crippen LogP contribution in [0.15, 0.2) is 24.3 Å². The zero-order valence-electron chi connectivity index (χ0n) is 15.0. The van der Waals surface area contributed by atoms with E-state index in [0.29, 0.717) is 5.95 Å². The van der Waals surface area contributed by atoms with Gasteiger partial charge in [0.15, 0.2) is 0 Å². The first-order valence-corrected chi connectivity index (χ1v) is 8.07. The number of aromatic nitrogens is 3. The van der Waals surface area contributed by atoms with E-state index in [2.05, 4.69) is 43.9 Å². The first-order chi connectivity index (χ1) is 12.1. The fourth-order valence-electron chi connectivity index (χ4n) is 2.89. The average molecular weight is 345 g/mol. The van der Waals surface area contributed by atoms with Crippen molar-refractivity contribution >= 4 is 5.95 Å². The fourth-order valence-corrected chi connectivity index (χ4v) is 2.89. The van der Waals surface area contributed by atoms with Crippen LogP contribution in [0.3, 0.4) is 0 Å². The van der Waals surface area contributed by atoms with Crippen molar-refractivity contribution in [2.45, 2.75) is 6.04 Å². The molecule has 0 radical (unpaired) electrons. The number of nitrogens with zero attached hydrogens (tertiary/aromatic N) is 5. The molecule has 1 aromatic heterocycles. The van der Waals surface area contributed by atoms with Gasteiger partial charge in [-0.1, -0.05) is 12.1 Å². The molecule has 0 N–H and O–H groups in total. The van der Waals surface area contributed by atoms with Crippen molar-refractivity contribution in [2.75, 3.05) is 52.9 Å². The van der Waals surface area contributed by atoms with E-state index in [1.807, 2.05) is 12.1 Å².